The number of nitrogens with zero attached hydrogens (tertiary/aromatic N) is 2. The Morgan fingerprint density at radius 3 is 2.89 bits per heavy atom. The lowest BCUT2D eigenvalue weighted by Crippen LogP contribution is -3.04. The van der Waals surface area contributed by atoms with Gasteiger partial charge in [0.1, 0.15) is 0 Å². The van der Waals surface area contributed by atoms with Crippen molar-refractivity contribution in [1.29, 1.82) is 0 Å². The minimum Gasteiger partial charge on any atom is -0.410 e. The fourth-order valence-electron chi connectivity index (χ4n) is 1.41. The van der Waals surface area contributed by atoms with Crippen molar-refractivity contribution in [3.8, 4) is 0 Å². The van der Waals surface area contributed by atoms with Gasteiger partial charge in [-0.05, 0) is 19.8 Å². The lowest BCUT2D eigenvalue weighted by atomic mass is 10.4. The lowest BCUT2D eigenvalue weighted by molar-refractivity contribution is -0.874. The molecule has 1 aliphatic rings. The third kappa shape index (κ3) is 3.99. The first-order chi connectivity index (χ1) is 8.54. The van der Waals surface area contributed by atoms with Crippen molar-refractivity contribution in [3.63, 3.8) is 0 Å². The maximum atomic E-state index is 11.8. The second kappa shape index (κ2) is 5.71. The van der Waals surface area contributed by atoms with Crippen molar-refractivity contribution in [3.05, 3.63) is 5.89 Å². The van der Waals surface area contributed by atoms with Gasteiger partial charge in [0.2, 0.25) is 5.91 Å². The lowest BCUT2D eigenvalue weighted by Gasteiger charge is -2.08. The van der Waals surface area contributed by atoms with Crippen LogP contribution in [0.25, 0.3) is 0 Å². The van der Waals surface area contributed by atoms with Crippen LogP contribution in [0.15, 0.2) is 9.64 Å². The van der Waals surface area contributed by atoms with Crippen molar-refractivity contribution in [2.24, 2.45) is 0 Å². The molecule has 100 valence electrons. The molecule has 1 heterocycles. The van der Waals surface area contributed by atoms with Gasteiger partial charge in [-0.15, -0.1) is 10.2 Å². The molecule has 2 N–H and O–H groups in total. The van der Waals surface area contributed by atoms with Crippen LogP contribution in [0.2, 0.25) is 0 Å². The van der Waals surface area contributed by atoms with Gasteiger partial charge in [-0.1, -0.05) is 11.8 Å². The molecule has 0 aromatic carbocycles. The van der Waals surface area contributed by atoms with Crippen molar-refractivity contribution in [1.82, 2.24) is 15.5 Å². The molecule has 1 atom stereocenters. The fraction of sp³-hybridized carbons (Fsp3) is 0.727. The average molecular weight is 271 g/mol. The van der Waals surface area contributed by atoms with E-state index in [1.54, 1.807) is 0 Å². The number of carbonyl (C=O) groups excluding carboxylic acids is 1. The summed E-state index contributed by atoms with van der Waals surface area (Å²) in [6, 6.07) is 0.385. The second-order valence-corrected chi connectivity index (χ2v) is 6.18. The van der Waals surface area contributed by atoms with Gasteiger partial charge < -0.3 is 14.6 Å². The molecule has 1 amide bonds. The van der Waals surface area contributed by atoms with E-state index in [1.807, 2.05) is 21.0 Å². The van der Waals surface area contributed by atoms with E-state index in [0.29, 0.717) is 23.7 Å². The first kappa shape index (κ1) is 13.4. The number of quaternary nitrogens is 1. The molecule has 1 aromatic heterocycles. The van der Waals surface area contributed by atoms with E-state index in [1.165, 1.54) is 16.7 Å². The van der Waals surface area contributed by atoms with Crippen LogP contribution in [0.3, 0.4) is 0 Å². The molecule has 1 fully saturated rings. The van der Waals surface area contributed by atoms with E-state index in [2.05, 4.69) is 15.5 Å². The predicted octanol–water partition coefficient (Wildman–Crippen LogP) is -0.527. The van der Waals surface area contributed by atoms with Gasteiger partial charge >= 0.3 is 0 Å². The molecule has 0 bridgehead atoms. The molecule has 0 radical (unpaired) electrons. The fourth-order valence-corrected chi connectivity index (χ4v) is 2.12. The largest absolute Gasteiger partial charge is 0.410 e. The number of rotatable bonds is 6. The summed E-state index contributed by atoms with van der Waals surface area (Å²) in [4.78, 5) is 13.0. The molecule has 18 heavy (non-hydrogen) atoms. The molecule has 7 heteroatoms. The summed E-state index contributed by atoms with van der Waals surface area (Å²) in [6.45, 7) is 2.54. The van der Waals surface area contributed by atoms with Crippen LogP contribution in [0.4, 0.5) is 0 Å². The zero-order chi connectivity index (χ0) is 13.1. The van der Waals surface area contributed by atoms with E-state index < -0.39 is 0 Å². The summed E-state index contributed by atoms with van der Waals surface area (Å²) in [5.74, 6) is 0.646. The Balaban J connectivity index is 1.83. The van der Waals surface area contributed by atoms with Crippen LogP contribution >= 0.6 is 11.8 Å². The predicted molar refractivity (Wildman–Crippen MR) is 67.3 cm³/mol. The van der Waals surface area contributed by atoms with Gasteiger partial charge in [-0.25, -0.2) is 0 Å². The normalized spacial score (nSPS) is 16.9. The van der Waals surface area contributed by atoms with E-state index >= 15 is 0 Å². The molecule has 1 aliphatic carbocycles. The molecule has 6 nitrogen and oxygen atoms in total. The topological polar surface area (TPSA) is 72.5 Å². The van der Waals surface area contributed by atoms with Gasteiger partial charge in [0.05, 0.1) is 19.3 Å². The Kier molecular flexibility index (Phi) is 4.23. The highest BCUT2D eigenvalue weighted by Crippen LogP contribution is 2.24. The molecule has 0 unspecified atom stereocenters. The highest BCUT2D eigenvalue weighted by molar-refractivity contribution is 8.00. The van der Waals surface area contributed by atoms with Gasteiger partial charge in [0.25, 0.3) is 11.1 Å². The van der Waals surface area contributed by atoms with Gasteiger partial charge in [-0.3, -0.25) is 4.79 Å². The van der Waals surface area contributed by atoms with Gasteiger partial charge in [0.15, 0.2) is 6.54 Å². The van der Waals surface area contributed by atoms with E-state index in [0.717, 1.165) is 12.8 Å². The second-order valence-electron chi connectivity index (χ2n) is 4.89. The van der Waals surface area contributed by atoms with E-state index in [9.17, 15) is 4.79 Å². The first-order valence-electron chi connectivity index (χ1n) is 6.13. The molecule has 0 saturated heterocycles. The van der Waals surface area contributed by atoms with Crippen LogP contribution in [-0.2, 0) is 11.3 Å². The van der Waals surface area contributed by atoms with E-state index in [-0.39, 0.29) is 11.2 Å². The monoisotopic (exact) mass is 271 g/mol. The van der Waals surface area contributed by atoms with Gasteiger partial charge in [-0.2, -0.15) is 0 Å². The Morgan fingerprint density at radius 1 is 1.56 bits per heavy atom. The Labute approximate surface area is 111 Å². The maximum absolute atomic E-state index is 11.8. The number of thioether (sulfide) groups is 1. The van der Waals surface area contributed by atoms with Crippen LogP contribution < -0.4 is 10.2 Å². The Bertz CT molecular complexity index is 417. The Hall–Kier alpha value is -1.08. The molecule has 0 aliphatic heterocycles. The van der Waals surface area contributed by atoms with E-state index in [4.69, 9.17) is 4.42 Å². The van der Waals surface area contributed by atoms with Crippen molar-refractivity contribution < 1.29 is 14.1 Å². The summed E-state index contributed by atoms with van der Waals surface area (Å²) < 4.78 is 5.48. The molecule has 1 saturated carbocycles. The number of carbonyl (C=O) groups is 1. The smallest absolute Gasteiger partial charge is 0.277 e. The SMILES string of the molecule is C[C@@H](Sc1nnc(C[NH+](C)C)o1)C(=O)NC1CC1. The van der Waals surface area contributed by atoms with Crippen LogP contribution in [0.1, 0.15) is 25.7 Å². The molecular formula is C11H19N4O2S+. The van der Waals surface area contributed by atoms with Gasteiger partial charge in [0, 0.05) is 6.04 Å². The minimum atomic E-state index is -0.203. The summed E-state index contributed by atoms with van der Waals surface area (Å²) >= 11 is 1.31. The summed E-state index contributed by atoms with van der Waals surface area (Å²) in [6.07, 6.45) is 2.19. The zero-order valence-electron chi connectivity index (χ0n) is 10.9. The maximum Gasteiger partial charge on any atom is 0.277 e. The van der Waals surface area contributed by atoms with Crippen molar-refractivity contribution in [2.75, 3.05) is 14.1 Å². The molecule has 0 spiro atoms. The first-order valence-corrected chi connectivity index (χ1v) is 7.01. The zero-order valence-corrected chi connectivity index (χ0v) is 11.7. The minimum absolute atomic E-state index is 0.0421. The van der Waals surface area contributed by atoms with Crippen molar-refractivity contribution in [2.45, 2.75) is 42.8 Å². The molecule has 2 rings (SSSR count). The highest BCUT2D eigenvalue weighted by atomic mass is 32.2. The summed E-state index contributed by atoms with van der Waals surface area (Å²) in [5, 5.41) is 11.1. The molecular weight excluding hydrogens is 252 g/mol. The summed E-state index contributed by atoms with van der Waals surface area (Å²) in [5.41, 5.74) is 0. The van der Waals surface area contributed by atoms with Crippen LogP contribution in [-0.4, -0.2) is 41.5 Å². The standard InChI is InChI=1S/C11H18N4O2S/c1-7(10(16)12-8-4-5-8)18-11-14-13-9(17-11)6-15(2)3/h7-8H,4-6H2,1-3H3,(H,12,16)/p+1/t7-/m1/s1. The van der Waals surface area contributed by atoms with Crippen molar-refractivity contribution >= 4 is 17.7 Å². The number of hydrogen-bond donors (Lipinski definition) is 2. The third-order valence-electron chi connectivity index (χ3n) is 2.52. The number of amides is 1. The molecule has 1 aromatic rings. The Morgan fingerprint density at radius 2 is 2.28 bits per heavy atom. The third-order valence-corrected chi connectivity index (χ3v) is 3.46. The quantitative estimate of drug-likeness (QED) is 0.681. The summed E-state index contributed by atoms with van der Waals surface area (Å²) in [7, 11) is 4.03. The van der Waals surface area contributed by atoms with Crippen LogP contribution in [0.5, 0.6) is 0 Å². The number of nitrogens with one attached hydrogen (secondary N) is 2. The number of aromatic nitrogens is 2. The number of hydrogen-bond acceptors (Lipinski definition) is 5. The average Bonchev–Trinajstić information content (AvgIpc) is 2.99. The highest BCUT2D eigenvalue weighted by Gasteiger charge is 2.27. The van der Waals surface area contributed by atoms with Crippen LogP contribution in [0, 0.1) is 0 Å².